The fraction of sp³-hybridized carbons (Fsp3) is 0.0952. The van der Waals surface area contributed by atoms with Crippen LogP contribution < -0.4 is 4.74 Å². The van der Waals surface area contributed by atoms with Crippen molar-refractivity contribution in [1.82, 2.24) is 0 Å². The van der Waals surface area contributed by atoms with Crippen LogP contribution in [0.4, 0.5) is 26.3 Å². The number of aryl methyl sites for hydroxylation is 1. The zero-order chi connectivity index (χ0) is 21.3. The average Bonchev–Trinajstić information content (AvgIpc) is 2.60. The number of halogens is 6. The molecular formula is C21H12F6O2. The van der Waals surface area contributed by atoms with E-state index in [4.69, 9.17) is 0 Å². The van der Waals surface area contributed by atoms with Gasteiger partial charge in [0.2, 0.25) is 0 Å². The lowest BCUT2D eigenvalue weighted by molar-refractivity contribution is -0.142. The summed E-state index contributed by atoms with van der Waals surface area (Å²) in [6.07, 6.45) is -5.26. The summed E-state index contributed by atoms with van der Waals surface area (Å²) in [6, 6.07) is 11.2. The first-order valence-corrected chi connectivity index (χ1v) is 8.21. The van der Waals surface area contributed by atoms with E-state index in [1.54, 1.807) is 12.1 Å². The van der Waals surface area contributed by atoms with Gasteiger partial charge in [0.25, 0.3) is 0 Å². The molecule has 0 amide bonds. The van der Waals surface area contributed by atoms with Crippen LogP contribution in [0.15, 0.2) is 54.6 Å². The Balaban J connectivity index is 1.85. The molecule has 0 aliphatic rings. The predicted molar refractivity (Wildman–Crippen MR) is 92.9 cm³/mol. The van der Waals surface area contributed by atoms with Crippen molar-refractivity contribution in [2.75, 3.05) is 0 Å². The van der Waals surface area contributed by atoms with Crippen molar-refractivity contribution in [3.63, 3.8) is 0 Å². The van der Waals surface area contributed by atoms with Gasteiger partial charge >= 0.3 is 12.1 Å². The summed E-state index contributed by atoms with van der Waals surface area (Å²) in [5.74, 6) is -6.98. The number of benzene rings is 3. The van der Waals surface area contributed by atoms with E-state index in [-0.39, 0.29) is 12.1 Å². The van der Waals surface area contributed by atoms with Gasteiger partial charge in [0.15, 0.2) is 0 Å². The second-order valence-electron chi connectivity index (χ2n) is 6.21. The highest BCUT2D eigenvalue weighted by atomic mass is 19.4. The molecule has 0 fully saturated rings. The lowest BCUT2D eigenvalue weighted by Crippen LogP contribution is -2.14. The Labute approximate surface area is 161 Å². The fourth-order valence-corrected chi connectivity index (χ4v) is 2.65. The largest absolute Gasteiger partial charge is 0.423 e. The third-order valence-electron chi connectivity index (χ3n) is 4.08. The quantitative estimate of drug-likeness (QED) is 0.287. The Hall–Kier alpha value is -3.29. The first-order chi connectivity index (χ1) is 13.6. The van der Waals surface area contributed by atoms with Gasteiger partial charge in [0, 0.05) is 12.1 Å². The highest BCUT2D eigenvalue weighted by molar-refractivity contribution is 5.92. The molecule has 2 nitrogen and oxygen atoms in total. The molecule has 0 saturated carbocycles. The molecular weight excluding hydrogens is 398 g/mol. The second kappa shape index (κ2) is 7.62. The van der Waals surface area contributed by atoms with Gasteiger partial charge in [0.1, 0.15) is 28.8 Å². The standard InChI is InChI=1S/C21H12F6O2/c1-11-2-4-12(5-3-11)13-6-7-15(16(22)8-13)20(28)29-14-9-17(23)19(18(24)10-14)21(25,26)27/h2-10H,1H3. The Morgan fingerprint density at radius 3 is 1.86 bits per heavy atom. The summed E-state index contributed by atoms with van der Waals surface area (Å²) in [7, 11) is 0. The number of carbonyl (C=O) groups is 1. The summed E-state index contributed by atoms with van der Waals surface area (Å²) >= 11 is 0. The lowest BCUT2D eigenvalue weighted by Gasteiger charge is -2.11. The van der Waals surface area contributed by atoms with Crippen molar-refractivity contribution in [2.24, 2.45) is 0 Å². The van der Waals surface area contributed by atoms with Gasteiger partial charge in [-0.05, 0) is 30.2 Å². The number of rotatable bonds is 3. The van der Waals surface area contributed by atoms with Crippen LogP contribution in [0.5, 0.6) is 5.75 Å². The maximum Gasteiger partial charge on any atom is 0.422 e. The molecule has 0 aliphatic carbocycles. The Morgan fingerprint density at radius 1 is 0.793 bits per heavy atom. The Bertz CT molecular complexity index is 1050. The van der Waals surface area contributed by atoms with Crippen molar-refractivity contribution in [3.05, 3.63) is 88.7 Å². The molecule has 29 heavy (non-hydrogen) atoms. The molecule has 0 atom stereocenters. The number of ether oxygens (including phenoxy) is 1. The topological polar surface area (TPSA) is 26.3 Å². The van der Waals surface area contributed by atoms with Gasteiger partial charge in [-0.3, -0.25) is 0 Å². The number of alkyl halides is 3. The zero-order valence-corrected chi connectivity index (χ0v) is 14.8. The molecule has 0 bridgehead atoms. The molecule has 0 aliphatic heterocycles. The number of hydrogen-bond acceptors (Lipinski definition) is 2. The monoisotopic (exact) mass is 410 g/mol. The summed E-state index contributed by atoms with van der Waals surface area (Å²) in [5.41, 5.74) is -0.468. The molecule has 0 heterocycles. The zero-order valence-electron chi connectivity index (χ0n) is 14.8. The van der Waals surface area contributed by atoms with Crippen LogP contribution in [0, 0.1) is 24.4 Å². The predicted octanol–water partition coefficient (Wildman–Crippen LogP) is 6.32. The van der Waals surface area contributed by atoms with Crippen LogP contribution in [-0.2, 0) is 6.18 Å². The number of esters is 1. The van der Waals surface area contributed by atoms with E-state index in [1.165, 1.54) is 6.07 Å². The van der Waals surface area contributed by atoms with Crippen LogP contribution in [-0.4, -0.2) is 5.97 Å². The minimum atomic E-state index is -5.26. The minimum Gasteiger partial charge on any atom is -0.423 e. The molecule has 150 valence electrons. The van der Waals surface area contributed by atoms with Gasteiger partial charge < -0.3 is 4.74 Å². The third kappa shape index (κ3) is 4.42. The van der Waals surface area contributed by atoms with Crippen LogP contribution in [0.1, 0.15) is 21.5 Å². The van der Waals surface area contributed by atoms with Crippen molar-refractivity contribution in [1.29, 1.82) is 0 Å². The van der Waals surface area contributed by atoms with E-state index in [1.807, 2.05) is 19.1 Å². The first kappa shape index (κ1) is 20.4. The van der Waals surface area contributed by atoms with Crippen molar-refractivity contribution >= 4 is 5.97 Å². The molecule has 0 saturated heterocycles. The Kier molecular flexibility index (Phi) is 5.37. The minimum absolute atomic E-state index is 0.211. The van der Waals surface area contributed by atoms with Gasteiger partial charge in [-0.1, -0.05) is 35.9 Å². The molecule has 3 aromatic carbocycles. The average molecular weight is 410 g/mol. The molecule has 0 aromatic heterocycles. The van der Waals surface area contributed by atoms with Crippen molar-refractivity contribution in [3.8, 4) is 16.9 Å². The van der Waals surface area contributed by atoms with E-state index in [0.29, 0.717) is 11.1 Å². The van der Waals surface area contributed by atoms with Gasteiger partial charge in [-0.2, -0.15) is 13.2 Å². The Morgan fingerprint density at radius 2 is 1.34 bits per heavy atom. The van der Waals surface area contributed by atoms with Gasteiger partial charge in [-0.25, -0.2) is 18.0 Å². The SMILES string of the molecule is Cc1ccc(-c2ccc(C(=O)Oc3cc(F)c(C(F)(F)F)c(F)c3)c(F)c2)cc1. The van der Waals surface area contributed by atoms with Crippen LogP contribution in [0.3, 0.4) is 0 Å². The van der Waals surface area contributed by atoms with Crippen molar-refractivity contribution < 1.29 is 35.9 Å². The second-order valence-corrected chi connectivity index (χ2v) is 6.21. The molecule has 3 rings (SSSR count). The molecule has 0 unspecified atom stereocenters. The van der Waals surface area contributed by atoms with Crippen molar-refractivity contribution in [2.45, 2.75) is 13.1 Å². The van der Waals surface area contributed by atoms with Crippen LogP contribution in [0.2, 0.25) is 0 Å². The molecule has 0 N–H and O–H groups in total. The maximum absolute atomic E-state index is 14.3. The van der Waals surface area contributed by atoms with E-state index in [0.717, 1.165) is 17.7 Å². The normalized spacial score (nSPS) is 11.4. The molecule has 0 radical (unpaired) electrons. The highest BCUT2D eigenvalue weighted by Gasteiger charge is 2.38. The van der Waals surface area contributed by atoms with Crippen LogP contribution >= 0.6 is 0 Å². The molecule has 0 spiro atoms. The fourth-order valence-electron chi connectivity index (χ4n) is 2.65. The van der Waals surface area contributed by atoms with Gasteiger partial charge in [0.05, 0.1) is 5.56 Å². The van der Waals surface area contributed by atoms with E-state index in [2.05, 4.69) is 4.74 Å². The summed E-state index contributed by atoms with van der Waals surface area (Å²) < 4.78 is 83.9. The first-order valence-electron chi connectivity index (χ1n) is 8.21. The van der Waals surface area contributed by atoms with E-state index < -0.39 is 46.5 Å². The summed E-state index contributed by atoms with van der Waals surface area (Å²) in [6.45, 7) is 1.89. The maximum atomic E-state index is 14.3. The van der Waals surface area contributed by atoms with E-state index >= 15 is 0 Å². The van der Waals surface area contributed by atoms with Gasteiger partial charge in [-0.15, -0.1) is 0 Å². The number of hydrogen-bond donors (Lipinski definition) is 0. The summed E-state index contributed by atoms with van der Waals surface area (Å²) in [4.78, 5) is 12.1. The van der Waals surface area contributed by atoms with E-state index in [9.17, 15) is 31.1 Å². The molecule has 3 aromatic rings. The smallest absolute Gasteiger partial charge is 0.422 e. The van der Waals surface area contributed by atoms with Crippen LogP contribution in [0.25, 0.3) is 11.1 Å². The third-order valence-corrected chi connectivity index (χ3v) is 4.08. The lowest BCUT2D eigenvalue weighted by atomic mass is 10.0. The summed E-state index contributed by atoms with van der Waals surface area (Å²) in [5, 5.41) is 0. The number of carbonyl (C=O) groups excluding carboxylic acids is 1. The highest BCUT2D eigenvalue weighted by Crippen LogP contribution is 2.35. The molecule has 8 heteroatoms.